The largest absolute Gasteiger partial charge is 0.488 e. The summed E-state index contributed by atoms with van der Waals surface area (Å²) >= 11 is 0. The number of ether oxygens (including phenoxy) is 1. The third-order valence-electron chi connectivity index (χ3n) is 2.03. The number of benzene rings is 1. The van der Waals surface area contributed by atoms with Gasteiger partial charge in [-0.2, -0.15) is 26.3 Å². The van der Waals surface area contributed by atoms with Crippen LogP contribution >= 0.6 is 0 Å². The van der Waals surface area contributed by atoms with Crippen molar-refractivity contribution in [2.24, 2.45) is 0 Å². The Hall–Kier alpha value is -1.40. The van der Waals surface area contributed by atoms with Gasteiger partial charge in [-0.3, -0.25) is 0 Å². The Morgan fingerprint density at radius 2 is 1.37 bits per heavy atom. The second kappa shape index (κ2) is 4.61. The predicted molar refractivity (Wildman–Crippen MR) is 56.8 cm³/mol. The van der Waals surface area contributed by atoms with Crippen LogP contribution in [-0.4, -0.2) is 5.60 Å². The summed E-state index contributed by atoms with van der Waals surface area (Å²) in [5, 5.41) is 0. The van der Waals surface area contributed by atoms with Crippen LogP contribution in [0.4, 0.5) is 26.3 Å². The van der Waals surface area contributed by atoms with E-state index in [-0.39, 0.29) is 0 Å². The van der Waals surface area contributed by atoms with Gasteiger partial charge < -0.3 is 4.74 Å². The van der Waals surface area contributed by atoms with E-state index in [1.807, 2.05) is 0 Å². The van der Waals surface area contributed by atoms with Gasteiger partial charge in [-0.15, -0.1) is 0 Å². The van der Waals surface area contributed by atoms with E-state index in [2.05, 4.69) is 0 Å². The van der Waals surface area contributed by atoms with Gasteiger partial charge in [0.15, 0.2) is 0 Å². The topological polar surface area (TPSA) is 9.23 Å². The molecule has 0 aliphatic carbocycles. The third-order valence-corrected chi connectivity index (χ3v) is 2.03. The van der Waals surface area contributed by atoms with Crippen molar-refractivity contribution in [2.75, 3.05) is 0 Å². The van der Waals surface area contributed by atoms with Crippen molar-refractivity contribution in [1.29, 1.82) is 0 Å². The summed E-state index contributed by atoms with van der Waals surface area (Å²) in [6.45, 7) is 4.36. The number of rotatable bonds is 1. The molecule has 0 saturated carbocycles. The van der Waals surface area contributed by atoms with Crippen molar-refractivity contribution in [1.82, 2.24) is 0 Å². The van der Waals surface area contributed by atoms with Gasteiger partial charge >= 0.3 is 12.4 Å². The van der Waals surface area contributed by atoms with Crippen LogP contribution in [0, 0.1) is 0 Å². The minimum Gasteiger partial charge on any atom is -0.488 e. The minimum absolute atomic E-state index is 0.369. The minimum atomic E-state index is -4.77. The summed E-state index contributed by atoms with van der Waals surface area (Å²) in [4.78, 5) is 0. The summed E-state index contributed by atoms with van der Waals surface area (Å²) in [5.74, 6) is -0.824. The lowest BCUT2D eigenvalue weighted by Gasteiger charge is -2.24. The molecular formula is C12H12F6O. The smallest absolute Gasteiger partial charge is 0.419 e. The fourth-order valence-electron chi connectivity index (χ4n) is 1.35. The molecule has 0 aliphatic rings. The highest BCUT2D eigenvalue weighted by Gasteiger charge is 2.38. The fourth-order valence-corrected chi connectivity index (χ4v) is 1.35. The van der Waals surface area contributed by atoms with Gasteiger partial charge in [0.05, 0.1) is 11.1 Å². The highest BCUT2D eigenvalue weighted by molar-refractivity contribution is 5.40. The lowest BCUT2D eigenvalue weighted by Crippen LogP contribution is -2.25. The van der Waals surface area contributed by atoms with Crippen LogP contribution < -0.4 is 4.74 Å². The lowest BCUT2D eigenvalue weighted by molar-refractivity contribution is -0.143. The highest BCUT2D eigenvalue weighted by Crippen LogP contribution is 2.41. The maximum atomic E-state index is 12.7. The zero-order valence-electron chi connectivity index (χ0n) is 10.4. The molecule has 0 heterocycles. The molecule has 0 amide bonds. The van der Waals surface area contributed by atoms with Gasteiger partial charge in [0, 0.05) is 0 Å². The molecule has 0 spiro atoms. The molecule has 0 aliphatic heterocycles. The average Bonchev–Trinajstić information content (AvgIpc) is 2.11. The Morgan fingerprint density at radius 3 is 1.74 bits per heavy atom. The van der Waals surface area contributed by atoms with Crippen molar-refractivity contribution in [2.45, 2.75) is 38.7 Å². The van der Waals surface area contributed by atoms with Crippen LogP contribution in [0.3, 0.4) is 0 Å². The SMILES string of the molecule is CC(C)(C)Oc1cc(C(F)(F)F)ccc1C(F)(F)F. The standard InChI is InChI=1S/C12H12F6O/c1-10(2,3)19-9-6-7(11(13,14)15)4-5-8(9)12(16,17)18/h4-6H,1-3H3. The van der Waals surface area contributed by atoms with E-state index in [4.69, 9.17) is 4.74 Å². The normalized spacial score (nSPS) is 13.5. The number of halogens is 6. The van der Waals surface area contributed by atoms with Gasteiger partial charge in [-0.1, -0.05) is 0 Å². The maximum absolute atomic E-state index is 12.7. The molecule has 0 saturated heterocycles. The first-order valence-corrected chi connectivity index (χ1v) is 5.28. The summed E-state index contributed by atoms with van der Waals surface area (Å²) < 4.78 is 80.5. The Kier molecular flexibility index (Phi) is 3.80. The molecule has 19 heavy (non-hydrogen) atoms. The van der Waals surface area contributed by atoms with E-state index in [1.54, 1.807) is 0 Å². The van der Waals surface area contributed by atoms with E-state index in [9.17, 15) is 26.3 Å². The maximum Gasteiger partial charge on any atom is 0.419 e. The number of hydrogen-bond donors (Lipinski definition) is 0. The highest BCUT2D eigenvalue weighted by atomic mass is 19.4. The molecule has 108 valence electrons. The molecular weight excluding hydrogens is 274 g/mol. The zero-order chi connectivity index (χ0) is 15.1. The molecule has 1 nitrogen and oxygen atoms in total. The average molecular weight is 286 g/mol. The molecule has 0 bridgehead atoms. The second-order valence-corrected chi connectivity index (χ2v) is 4.92. The van der Waals surface area contributed by atoms with Crippen molar-refractivity contribution in [3.05, 3.63) is 29.3 Å². The lowest BCUT2D eigenvalue weighted by atomic mass is 10.1. The summed E-state index contributed by atoms with van der Waals surface area (Å²) in [6, 6.07) is 1.14. The Morgan fingerprint density at radius 1 is 0.842 bits per heavy atom. The van der Waals surface area contributed by atoms with E-state index >= 15 is 0 Å². The van der Waals surface area contributed by atoms with Crippen LogP contribution in [0.15, 0.2) is 18.2 Å². The fraction of sp³-hybridized carbons (Fsp3) is 0.500. The van der Waals surface area contributed by atoms with Crippen molar-refractivity contribution in [3.8, 4) is 5.75 Å². The molecule has 0 unspecified atom stereocenters. The molecule has 0 atom stereocenters. The third kappa shape index (κ3) is 4.33. The van der Waals surface area contributed by atoms with Gasteiger partial charge in [0.1, 0.15) is 11.4 Å². The Bertz CT molecular complexity index is 453. The monoisotopic (exact) mass is 286 g/mol. The number of hydrogen-bond acceptors (Lipinski definition) is 1. The molecule has 0 radical (unpaired) electrons. The molecule has 1 aromatic carbocycles. The van der Waals surface area contributed by atoms with Gasteiger partial charge in [0.25, 0.3) is 0 Å². The molecule has 0 aromatic heterocycles. The van der Waals surface area contributed by atoms with Crippen molar-refractivity contribution in [3.63, 3.8) is 0 Å². The Labute approximate surface area is 106 Å². The van der Waals surface area contributed by atoms with E-state index < -0.39 is 34.8 Å². The predicted octanol–water partition coefficient (Wildman–Crippen LogP) is 4.90. The second-order valence-electron chi connectivity index (χ2n) is 4.92. The molecule has 1 aromatic rings. The molecule has 7 heteroatoms. The van der Waals surface area contributed by atoms with E-state index in [0.29, 0.717) is 18.2 Å². The van der Waals surface area contributed by atoms with Crippen LogP contribution in [0.5, 0.6) is 5.75 Å². The zero-order valence-corrected chi connectivity index (χ0v) is 10.4. The number of alkyl halides is 6. The molecule has 0 N–H and O–H groups in total. The van der Waals surface area contributed by atoms with Crippen molar-refractivity contribution < 1.29 is 31.1 Å². The van der Waals surface area contributed by atoms with Crippen LogP contribution in [0.2, 0.25) is 0 Å². The van der Waals surface area contributed by atoms with Crippen molar-refractivity contribution >= 4 is 0 Å². The van der Waals surface area contributed by atoms with Gasteiger partial charge in [-0.25, -0.2) is 0 Å². The summed E-state index contributed by atoms with van der Waals surface area (Å²) in [5.41, 5.74) is -3.44. The van der Waals surface area contributed by atoms with Gasteiger partial charge in [0.2, 0.25) is 0 Å². The summed E-state index contributed by atoms with van der Waals surface area (Å²) in [7, 11) is 0. The van der Waals surface area contributed by atoms with Crippen LogP contribution in [0.25, 0.3) is 0 Å². The van der Waals surface area contributed by atoms with Gasteiger partial charge in [-0.05, 0) is 39.0 Å². The van der Waals surface area contributed by atoms with Crippen LogP contribution in [0.1, 0.15) is 31.9 Å². The first-order chi connectivity index (χ1) is 8.31. The Balaban J connectivity index is 3.35. The van der Waals surface area contributed by atoms with E-state index in [0.717, 1.165) is 0 Å². The summed E-state index contributed by atoms with van der Waals surface area (Å²) in [6.07, 6.45) is -9.50. The first-order valence-electron chi connectivity index (χ1n) is 5.28. The van der Waals surface area contributed by atoms with Crippen LogP contribution in [-0.2, 0) is 12.4 Å². The molecule has 0 fully saturated rings. The van der Waals surface area contributed by atoms with E-state index in [1.165, 1.54) is 20.8 Å². The quantitative estimate of drug-likeness (QED) is 0.667. The molecule has 1 rings (SSSR count). The first kappa shape index (κ1) is 15.7.